The second kappa shape index (κ2) is 5.28. The SMILES string of the molecule is N#Cc1ccnc(OCc2cccc(Cl)c2)n1. The van der Waals surface area contributed by atoms with Crippen LogP contribution in [0, 0.1) is 11.3 Å². The number of ether oxygens (including phenoxy) is 1. The van der Waals surface area contributed by atoms with Gasteiger partial charge in [-0.1, -0.05) is 23.7 Å². The third-order valence-corrected chi connectivity index (χ3v) is 2.24. The molecule has 0 spiro atoms. The van der Waals surface area contributed by atoms with E-state index >= 15 is 0 Å². The summed E-state index contributed by atoms with van der Waals surface area (Å²) in [6.07, 6.45) is 1.48. The Kier molecular flexibility index (Phi) is 3.53. The van der Waals surface area contributed by atoms with Crippen molar-refractivity contribution in [2.75, 3.05) is 0 Å². The maximum absolute atomic E-state index is 8.67. The van der Waals surface area contributed by atoms with Gasteiger partial charge in [-0.3, -0.25) is 0 Å². The van der Waals surface area contributed by atoms with Gasteiger partial charge in [-0.2, -0.15) is 10.2 Å². The minimum absolute atomic E-state index is 0.184. The molecule has 0 fully saturated rings. The van der Waals surface area contributed by atoms with E-state index in [0.29, 0.717) is 11.6 Å². The Labute approximate surface area is 103 Å². The Hall–Kier alpha value is -2.12. The molecule has 2 rings (SSSR count). The molecule has 0 aliphatic rings. The number of nitrogens with zero attached hydrogens (tertiary/aromatic N) is 3. The van der Waals surface area contributed by atoms with Crippen LogP contribution in [0.25, 0.3) is 0 Å². The van der Waals surface area contributed by atoms with Crippen molar-refractivity contribution in [2.24, 2.45) is 0 Å². The summed E-state index contributed by atoms with van der Waals surface area (Å²) in [5, 5.41) is 9.32. The fourth-order valence-electron chi connectivity index (χ4n) is 1.25. The van der Waals surface area contributed by atoms with Gasteiger partial charge in [0.2, 0.25) is 0 Å². The number of hydrogen-bond acceptors (Lipinski definition) is 4. The Balaban J connectivity index is 2.05. The standard InChI is InChI=1S/C12H8ClN3O/c13-10-3-1-2-9(6-10)8-17-12-15-5-4-11(7-14)16-12/h1-6H,8H2. The molecule has 0 radical (unpaired) electrons. The van der Waals surface area contributed by atoms with E-state index in [9.17, 15) is 0 Å². The highest BCUT2D eigenvalue weighted by Gasteiger charge is 2.00. The lowest BCUT2D eigenvalue weighted by molar-refractivity contribution is 0.280. The molecule has 0 amide bonds. The average molecular weight is 246 g/mol. The molecule has 4 nitrogen and oxygen atoms in total. The van der Waals surface area contributed by atoms with Crippen molar-refractivity contribution in [3.63, 3.8) is 0 Å². The second-order valence-electron chi connectivity index (χ2n) is 3.25. The summed E-state index contributed by atoms with van der Waals surface area (Å²) in [5.41, 5.74) is 1.20. The van der Waals surface area contributed by atoms with E-state index < -0.39 is 0 Å². The average Bonchev–Trinajstić information content (AvgIpc) is 2.37. The van der Waals surface area contributed by atoms with Crippen molar-refractivity contribution in [1.29, 1.82) is 5.26 Å². The van der Waals surface area contributed by atoms with Crippen molar-refractivity contribution in [3.8, 4) is 12.1 Å². The molecule has 0 N–H and O–H groups in total. The molecule has 0 saturated carbocycles. The van der Waals surface area contributed by atoms with E-state index in [1.54, 1.807) is 12.1 Å². The molecule has 2 aromatic rings. The van der Waals surface area contributed by atoms with Gasteiger partial charge >= 0.3 is 6.01 Å². The predicted octanol–water partition coefficient (Wildman–Crippen LogP) is 2.58. The number of benzene rings is 1. The van der Waals surface area contributed by atoms with Gasteiger partial charge in [0.05, 0.1) is 0 Å². The molecule has 0 aliphatic heterocycles. The highest BCUT2D eigenvalue weighted by atomic mass is 35.5. The molecule has 0 atom stereocenters. The third-order valence-electron chi connectivity index (χ3n) is 2.00. The third kappa shape index (κ3) is 3.16. The van der Waals surface area contributed by atoms with Crippen LogP contribution in [0.15, 0.2) is 36.5 Å². The maximum Gasteiger partial charge on any atom is 0.317 e. The molecule has 1 aromatic carbocycles. The van der Waals surface area contributed by atoms with E-state index in [1.165, 1.54) is 12.3 Å². The maximum atomic E-state index is 8.67. The largest absolute Gasteiger partial charge is 0.459 e. The van der Waals surface area contributed by atoms with E-state index in [1.807, 2.05) is 18.2 Å². The van der Waals surface area contributed by atoms with Crippen molar-refractivity contribution in [1.82, 2.24) is 9.97 Å². The number of rotatable bonds is 3. The first-order chi connectivity index (χ1) is 8.28. The first kappa shape index (κ1) is 11.4. The number of aromatic nitrogens is 2. The minimum Gasteiger partial charge on any atom is -0.459 e. The van der Waals surface area contributed by atoms with Crippen LogP contribution in [0.5, 0.6) is 6.01 Å². The van der Waals surface area contributed by atoms with Crippen LogP contribution in [-0.4, -0.2) is 9.97 Å². The summed E-state index contributed by atoms with van der Waals surface area (Å²) >= 11 is 5.84. The lowest BCUT2D eigenvalue weighted by atomic mass is 10.2. The normalized spacial score (nSPS) is 9.65. The zero-order chi connectivity index (χ0) is 12.1. The summed E-state index contributed by atoms with van der Waals surface area (Å²) in [4.78, 5) is 7.81. The number of nitriles is 1. The van der Waals surface area contributed by atoms with Gasteiger partial charge in [-0.15, -0.1) is 0 Å². The van der Waals surface area contributed by atoms with Gasteiger partial charge < -0.3 is 4.74 Å². The van der Waals surface area contributed by atoms with Crippen LogP contribution in [-0.2, 0) is 6.61 Å². The van der Waals surface area contributed by atoms with Crippen molar-refractivity contribution < 1.29 is 4.74 Å². The first-order valence-electron chi connectivity index (χ1n) is 4.88. The van der Waals surface area contributed by atoms with E-state index in [0.717, 1.165) is 5.56 Å². The Bertz CT molecular complexity index is 566. The summed E-state index contributed by atoms with van der Waals surface area (Å²) < 4.78 is 5.36. The monoisotopic (exact) mass is 245 g/mol. The topological polar surface area (TPSA) is 58.8 Å². The van der Waals surface area contributed by atoms with Gasteiger partial charge in [0.25, 0.3) is 0 Å². The van der Waals surface area contributed by atoms with Crippen molar-refractivity contribution in [2.45, 2.75) is 6.61 Å². The summed E-state index contributed by atoms with van der Waals surface area (Å²) in [7, 11) is 0. The zero-order valence-electron chi connectivity index (χ0n) is 8.80. The van der Waals surface area contributed by atoms with E-state index in [4.69, 9.17) is 21.6 Å². The van der Waals surface area contributed by atoms with Crippen LogP contribution in [0.2, 0.25) is 5.02 Å². The summed E-state index contributed by atoms with van der Waals surface area (Å²) in [6.45, 7) is 0.315. The Morgan fingerprint density at radius 3 is 3.00 bits per heavy atom. The molecule has 1 aromatic heterocycles. The number of halogens is 1. The van der Waals surface area contributed by atoms with Crippen molar-refractivity contribution in [3.05, 3.63) is 52.8 Å². The summed E-state index contributed by atoms with van der Waals surface area (Å²) in [6, 6.07) is 10.9. The molecule has 0 saturated heterocycles. The van der Waals surface area contributed by atoms with Gasteiger partial charge in [-0.05, 0) is 23.8 Å². The van der Waals surface area contributed by atoms with Crippen LogP contribution in [0.1, 0.15) is 11.3 Å². The fourth-order valence-corrected chi connectivity index (χ4v) is 1.46. The first-order valence-corrected chi connectivity index (χ1v) is 5.26. The van der Waals surface area contributed by atoms with Crippen LogP contribution >= 0.6 is 11.6 Å². The Morgan fingerprint density at radius 2 is 2.24 bits per heavy atom. The van der Waals surface area contributed by atoms with Crippen LogP contribution in [0.4, 0.5) is 0 Å². The summed E-state index contributed by atoms with van der Waals surface area (Å²) in [5.74, 6) is 0. The quantitative estimate of drug-likeness (QED) is 0.834. The lowest BCUT2D eigenvalue weighted by Gasteiger charge is -2.04. The molecule has 0 aliphatic carbocycles. The highest BCUT2D eigenvalue weighted by molar-refractivity contribution is 6.30. The van der Waals surface area contributed by atoms with Gasteiger partial charge in [0.15, 0.2) is 0 Å². The molecule has 0 unspecified atom stereocenters. The van der Waals surface area contributed by atoms with Gasteiger partial charge in [-0.25, -0.2) is 4.98 Å². The van der Waals surface area contributed by atoms with Gasteiger partial charge in [0.1, 0.15) is 18.4 Å². The van der Waals surface area contributed by atoms with E-state index in [-0.39, 0.29) is 11.7 Å². The smallest absolute Gasteiger partial charge is 0.317 e. The lowest BCUT2D eigenvalue weighted by Crippen LogP contribution is -2.00. The van der Waals surface area contributed by atoms with Gasteiger partial charge in [0, 0.05) is 11.2 Å². The molecular weight excluding hydrogens is 238 g/mol. The molecule has 1 heterocycles. The molecular formula is C12H8ClN3O. The van der Waals surface area contributed by atoms with Crippen molar-refractivity contribution >= 4 is 11.6 Å². The molecule has 84 valence electrons. The molecule has 17 heavy (non-hydrogen) atoms. The minimum atomic E-state index is 0.184. The predicted molar refractivity (Wildman–Crippen MR) is 62.5 cm³/mol. The molecule has 0 bridgehead atoms. The zero-order valence-corrected chi connectivity index (χ0v) is 9.55. The number of hydrogen-bond donors (Lipinski definition) is 0. The van der Waals surface area contributed by atoms with Crippen LogP contribution in [0.3, 0.4) is 0 Å². The Morgan fingerprint density at radius 1 is 1.35 bits per heavy atom. The van der Waals surface area contributed by atoms with E-state index in [2.05, 4.69) is 9.97 Å². The second-order valence-corrected chi connectivity index (χ2v) is 3.69. The highest BCUT2D eigenvalue weighted by Crippen LogP contribution is 2.12. The fraction of sp³-hybridized carbons (Fsp3) is 0.0833. The molecule has 5 heteroatoms. The van der Waals surface area contributed by atoms with Crippen LogP contribution < -0.4 is 4.74 Å².